The van der Waals surface area contributed by atoms with Crippen LogP contribution in [0.5, 0.6) is 5.88 Å². The van der Waals surface area contributed by atoms with Crippen LogP contribution in [0.15, 0.2) is 60.9 Å². The lowest BCUT2D eigenvalue weighted by Gasteiger charge is -2.10. The standard InChI is InChI=1S/C18H15N5O/c19-18-22-16-7-6-13(14-9-20-21-10-14)8-15(16)17(23-18)24-11-12-4-2-1-3-5-12/h1-10H,11H2,(H,20,21)(H2,19,22,23). The molecule has 0 aliphatic carbocycles. The number of hydrogen-bond acceptors (Lipinski definition) is 5. The van der Waals surface area contributed by atoms with E-state index in [1.54, 1.807) is 6.20 Å². The van der Waals surface area contributed by atoms with Gasteiger partial charge >= 0.3 is 0 Å². The zero-order valence-corrected chi connectivity index (χ0v) is 12.8. The maximum absolute atomic E-state index is 5.90. The van der Waals surface area contributed by atoms with Gasteiger partial charge < -0.3 is 10.5 Å². The number of nitrogens with two attached hydrogens (primary N) is 1. The summed E-state index contributed by atoms with van der Waals surface area (Å²) in [6.45, 7) is 0.419. The number of benzene rings is 2. The highest BCUT2D eigenvalue weighted by Gasteiger charge is 2.10. The molecule has 0 atom stereocenters. The van der Waals surface area contributed by atoms with Crippen LogP contribution in [-0.4, -0.2) is 20.2 Å². The smallest absolute Gasteiger partial charge is 0.226 e. The summed E-state index contributed by atoms with van der Waals surface area (Å²) in [7, 11) is 0. The summed E-state index contributed by atoms with van der Waals surface area (Å²) in [4.78, 5) is 8.54. The van der Waals surface area contributed by atoms with E-state index in [0.29, 0.717) is 12.5 Å². The molecule has 118 valence electrons. The lowest BCUT2D eigenvalue weighted by molar-refractivity contribution is 0.298. The van der Waals surface area contributed by atoms with Crippen LogP contribution in [0.4, 0.5) is 5.95 Å². The number of H-pyrrole nitrogens is 1. The lowest BCUT2D eigenvalue weighted by atomic mass is 10.1. The van der Waals surface area contributed by atoms with Gasteiger partial charge in [-0.25, -0.2) is 4.98 Å². The molecule has 0 saturated carbocycles. The Labute approximate surface area is 138 Å². The first-order valence-corrected chi connectivity index (χ1v) is 7.53. The fraction of sp³-hybridized carbons (Fsp3) is 0.0556. The Hall–Kier alpha value is -3.41. The van der Waals surface area contributed by atoms with Gasteiger partial charge in [0.1, 0.15) is 6.61 Å². The minimum absolute atomic E-state index is 0.196. The van der Waals surface area contributed by atoms with Gasteiger partial charge in [-0.15, -0.1) is 0 Å². The van der Waals surface area contributed by atoms with Crippen molar-refractivity contribution in [2.45, 2.75) is 6.61 Å². The fourth-order valence-corrected chi connectivity index (χ4v) is 2.54. The molecule has 3 N–H and O–H groups in total. The van der Waals surface area contributed by atoms with Crippen LogP contribution in [0, 0.1) is 0 Å². The Morgan fingerprint density at radius 3 is 2.67 bits per heavy atom. The molecular formula is C18H15N5O. The first-order valence-electron chi connectivity index (χ1n) is 7.53. The third-order valence-corrected chi connectivity index (χ3v) is 3.73. The Bertz CT molecular complexity index is 968. The Kier molecular flexibility index (Phi) is 3.55. The number of nitrogen functional groups attached to an aromatic ring is 1. The highest BCUT2D eigenvalue weighted by molar-refractivity contribution is 5.88. The molecule has 2 aromatic heterocycles. The van der Waals surface area contributed by atoms with Gasteiger partial charge in [0.25, 0.3) is 0 Å². The summed E-state index contributed by atoms with van der Waals surface area (Å²) in [5.74, 6) is 0.674. The number of nitrogens with zero attached hydrogens (tertiary/aromatic N) is 3. The molecule has 0 radical (unpaired) electrons. The number of aromatic nitrogens is 4. The second-order valence-corrected chi connectivity index (χ2v) is 5.38. The lowest BCUT2D eigenvalue weighted by Crippen LogP contribution is -2.02. The van der Waals surface area contributed by atoms with Crippen molar-refractivity contribution in [1.29, 1.82) is 0 Å². The molecule has 24 heavy (non-hydrogen) atoms. The normalized spacial score (nSPS) is 10.8. The van der Waals surface area contributed by atoms with Crippen molar-refractivity contribution in [3.05, 3.63) is 66.5 Å². The fourth-order valence-electron chi connectivity index (χ4n) is 2.54. The molecule has 0 aliphatic rings. The first kappa shape index (κ1) is 14.2. The summed E-state index contributed by atoms with van der Waals surface area (Å²) < 4.78 is 5.90. The van der Waals surface area contributed by atoms with Gasteiger partial charge in [-0.2, -0.15) is 10.1 Å². The largest absolute Gasteiger partial charge is 0.472 e. The highest BCUT2D eigenvalue weighted by atomic mass is 16.5. The van der Waals surface area contributed by atoms with Crippen molar-refractivity contribution in [3.8, 4) is 17.0 Å². The van der Waals surface area contributed by atoms with E-state index in [2.05, 4.69) is 20.2 Å². The van der Waals surface area contributed by atoms with E-state index in [9.17, 15) is 0 Å². The Balaban J connectivity index is 1.74. The van der Waals surface area contributed by atoms with Gasteiger partial charge in [-0.3, -0.25) is 5.10 Å². The number of fused-ring (bicyclic) bond motifs is 1. The van der Waals surface area contributed by atoms with Crippen LogP contribution < -0.4 is 10.5 Å². The summed E-state index contributed by atoms with van der Waals surface area (Å²) >= 11 is 0. The topological polar surface area (TPSA) is 89.7 Å². The Morgan fingerprint density at radius 2 is 1.88 bits per heavy atom. The molecule has 6 heteroatoms. The van der Waals surface area contributed by atoms with Crippen LogP contribution in [0.25, 0.3) is 22.0 Å². The zero-order chi connectivity index (χ0) is 16.4. The van der Waals surface area contributed by atoms with E-state index in [1.165, 1.54) is 0 Å². The maximum Gasteiger partial charge on any atom is 0.226 e. The number of hydrogen-bond donors (Lipinski definition) is 2. The number of nitrogens with one attached hydrogen (secondary N) is 1. The van der Waals surface area contributed by atoms with Crippen LogP contribution in [-0.2, 0) is 6.61 Å². The van der Waals surface area contributed by atoms with Crippen molar-refractivity contribution in [3.63, 3.8) is 0 Å². The maximum atomic E-state index is 5.90. The van der Waals surface area contributed by atoms with E-state index in [0.717, 1.165) is 27.6 Å². The molecule has 0 spiro atoms. The quantitative estimate of drug-likeness (QED) is 0.603. The van der Waals surface area contributed by atoms with Crippen LogP contribution in [0.3, 0.4) is 0 Å². The molecule has 4 rings (SSSR count). The molecular weight excluding hydrogens is 302 g/mol. The van der Waals surface area contributed by atoms with Crippen LogP contribution >= 0.6 is 0 Å². The average Bonchev–Trinajstić information content (AvgIpc) is 3.15. The second-order valence-electron chi connectivity index (χ2n) is 5.38. The van der Waals surface area contributed by atoms with E-state index < -0.39 is 0 Å². The first-order chi connectivity index (χ1) is 11.8. The van der Waals surface area contributed by atoms with E-state index >= 15 is 0 Å². The summed E-state index contributed by atoms with van der Waals surface area (Å²) in [6.07, 6.45) is 3.60. The molecule has 2 heterocycles. The van der Waals surface area contributed by atoms with Gasteiger partial charge in [-0.05, 0) is 23.3 Å². The van der Waals surface area contributed by atoms with Crippen molar-refractivity contribution < 1.29 is 4.74 Å². The van der Waals surface area contributed by atoms with Crippen LogP contribution in [0.2, 0.25) is 0 Å². The SMILES string of the molecule is Nc1nc(OCc2ccccc2)c2cc(-c3cn[nH]c3)ccc2n1. The van der Waals surface area contributed by atoms with Crippen LogP contribution in [0.1, 0.15) is 5.56 Å². The van der Waals surface area contributed by atoms with Gasteiger partial charge in [-0.1, -0.05) is 36.4 Å². The van der Waals surface area contributed by atoms with Crippen molar-refractivity contribution in [1.82, 2.24) is 20.2 Å². The Morgan fingerprint density at radius 1 is 1.00 bits per heavy atom. The van der Waals surface area contributed by atoms with Gasteiger partial charge in [0.15, 0.2) is 0 Å². The third-order valence-electron chi connectivity index (χ3n) is 3.73. The number of ether oxygens (including phenoxy) is 1. The monoisotopic (exact) mass is 317 g/mol. The predicted molar refractivity (Wildman–Crippen MR) is 92.3 cm³/mol. The second kappa shape index (κ2) is 6.00. The number of anilines is 1. The molecule has 0 unspecified atom stereocenters. The van der Waals surface area contributed by atoms with Gasteiger partial charge in [0, 0.05) is 11.8 Å². The van der Waals surface area contributed by atoms with E-state index in [-0.39, 0.29) is 5.95 Å². The molecule has 0 amide bonds. The van der Waals surface area contributed by atoms with E-state index in [4.69, 9.17) is 10.5 Å². The molecule has 0 aliphatic heterocycles. The van der Waals surface area contributed by atoms with Crippen molar-refractivity contribution >= 4 is 16.9 Å². The predicted octanol–water partition coefficient (Wildman–Crippen LogP) is 3.18. The summed E-state index contributed by atoms with van der Waals surface area (Å²) in [5.41, 5.74) is 9.62. The molecule has 0 bridgehead atoms. The summed E-state index contributed by atoms with van der Waals surface area (Å²) in [6, 6.07) is 15.8. The molecule has 0 saturated heterocycles. The third kappa shape index (κ3) is 2.77. The molecule has 2 aromatic carbocycles. The molecule has 4 aromatic rings. The minimum atomic E-state index is 0.196. The number of aromatic amines is 1. The molecule has 6 nitrogen and oxygen atoms in total. The average molecular weight is 317 g/mol. The van der Waals surface area contributed by atoms with Crippen molar-refractivity contribution in [2.24, 2.45) is 0 Å². The van der Waals surface area contributed by atoms with Gasteiger partial charge in [0.05, 0.1) is 17.1 Å². The minimum Gasteiger partial charge on any atom is -0.472 e. The van der Waals surface area contributed by atoms with Crippen molar-refractivity contribution in [2.75, 3.05) is 5.73 Å². The number of rotatable bonds is 4. The summed E-state index contributed by atoms with van der Waals surface area (Å²) in [5, 5.41) is 7.62. The van der Waals surface area contributed by atoms with Gasteiger partial charge in [0.2, 0.25) is 11.8 Å². The molecule has 0 fully saturated rings. The zero-order valence-electron chi connectivity index (χ0n) is 12.8. The highest BCUT2D eigenvalue weighted by Crippen LogP contribution is 2.29. The van der Waals surface area contributed by atoms with E-state index in [1.807, 2.05) is 54.7 Å².